The molecule has 0 aliphatic carbocycles. The Morgan fingerprint density at radius 1 is 1.24 bits per heavy atom. The highest BCUT2D eigenvalue weighted by molar-refractivity contribution is 5.90. The van der Waals surface area contributed by atoms with Crippen molar-refractivity contribution >= 4 is 11.7 Å². The van der Waals surface area contributed by atoms with Crippen molar-refractivity contribution in [3.63, 3.8) is 0 Å². The van der Waals surface area contributed by atoms with Gasteiger partial charge in [-0.25, -0.2) is 9.18 Å². The smallest absolute Gasteiger partial charge is 0.321 e. The van der Waals surface area contributed by atoms with Crippen LogP contribution in [0.4, 0.5) is 14.9 Å². The first-order valence-corrected chi connectivity index (χ1v) is 8.04. The number of likely N-dealkylation sites (N-methyl/N-ethyl adjacent to an activating group) is 1. The van der Waals surface area contributed by atoms with Crippen molar-refractivity contribution in [2.24, 2.45) is 0 Å². The van der Waals surface area contributed by atoms with Crippen LogP contribution in [0.2, 0.25) is 0 Å². The molecule has 0 radical (unpaired) electrons. The number of anilines is 1. The number of halogens is 1. The fraction of sp³-hybridized carbons (Fsp3) is 0.316. The van der Waals surface area contributed by atoms with Crippen LogP contribution in [-0.4, -0.2) is 42.3 Å². The first-order valence-electron chi connectivity index (χ1n) is 8.04. The number of carbonyl (C=O) groups excluding carboxylic acids is 1. The van der Waals surface area contributed by atoms with Crippen molar-refractivity contribution in [3.05, 3.63) is 65.5 Å². The third kappa shape index (κ3) is 5.85. The SMILES string of the molecule is Cc1c(F)cccc1NC(=O)N(C)CC(O)COCc1ccccc1. The average molecular weight is 346 g/mol. The highest BCUT2D eigenvalue weighted by atomic mass is 19.1. The summed E-state index contributed by atoms with van der Waals surface area (Å²) in [7, 11) is 1.56. The minimum atomic E-state index is -0.812. The number of benzene rings is 2. The number of aliphatic hydroxyl groups excluding tert-OH is 1. The normalized spacial score (nSPS) is 11.8. The topological polar surface area (TPSA) is 61.8 Å². The lowest BCUT2D eigenvalue weighted by Crippen LogP contribution is -2.39. The number of urea groups is 1. The van der Waals surface area contributed by atoms with Crippen molar-refractivity contribution in [3.8, 4) is 0 Å². The second-order valence-electron chi connectivity index (χ2n) is 5.88. The second kappa shape index (κ2) is 9.15. The van der Waals surface area contributed by atoms with Gasteiger partial charge in [-0.05, 0) is 24.6 Å². The number of nitrogens with one attached hydrogen (secondary N) is 1. The van der Waals surface area contributed by atoms with Gasteiger partial charge in [-0.2, -0.15) is 0 Å². The summed E-state index contributed by atoms with van der Waals surface area (Å²) in [6.07, 6.45) is -0.812. The molecule has 0 spiro atoms. The summed E-state index contributed by atoms with van der Waals surface area (Å²) in [6, 6.07) is 13.7. The lowest BCUT2D eigenvalue weighted by Gasteiger charge is -2.22. The molecule has 1 atom stereocenters. The number of hydrogen-bond donors (Lipinski definition) is 2. The van der Waals surface area contributed by atoms with Gasteiger partial charge in [-0.1, -0.05) is 36.4 Å². The Morgan fingerprint density at radius 3 is 2.68 bits per heavy atom. The van der Waals surface area contributed by atoms with Gasteiger partial charge in [0.25, 0.3) is 0 Å². The summed E-state index contributed by atoms with van der Waals surface area (Å²) < 4.78 is 19.0. The Hall–Kier alpha value is -2.44. The molecule has 6 heteroatoms. The van der Waals surface area contributed by atoms with Gasteiger partial charge in [0.1, 0.15) is 5.82 Å². The molecule has 0 saturated carbocycles. The van der Waals surface area contributed by atoms with Gasteiger partial charge in [-0.15, -0.1) is 0 Å². The number of rotatable bonds is 7. The zero-order valence-corrected chi connectivity index (χ0v) is 14.4. The van der Waals surface area contributed by atoms with Crippen LogP contribution < -0.4 is 5.32 Å². The largest absolute Gasteiger partial charge is 0.389 e. The van der Waals surface area contributed by atoms with Crippen molar-refractivity contribution in [2.75, 3.05) is 25.5 Å². The lowest BCUT2D eigenvalue weighted by atomic mass is 10.2. The van der Waals surface area contributed by atoms with Gasteiger partial charge in [0, 0.05) is 18.3 Å². The third-order valence-electron chi connectivity index (χ3n) is 3.76. The Kier molecular flexibility index (Phi) is 6.91. The van der Waals surface area contributed by atoms with E-state index in [1.54, 1.807) is 20.0 Å². The van der Waals surface area contributed by atoms with E-state index in [1.165, 1.54) is 17.0 Å². The summed E-state index contributed by atoms with van der Waals surface area (Å²) in [5, 5.41) is 12.6. The minimum Gasteiger partial charge on any atom is -0.389 e. The van der Waals surface area contributed by atoms with E-state index in [0.717, 1.165) is 5.56 Å². The molecule has 0 aliphatic rings. The monoisotopic (exact) mass is 346 g/mol. The van der Waals surface area contributed by atoms with E-state index in [9.17, 15) is 14.3 Å². The molecule has 2 N–H and O–H groups in total. The van der Waals surface area contributed by atoms with Gasteiger partial charge >= 0.3 is 6.03 Å². The van der Waals surface area contributed by atoms with E-state index in [0.29, 0.717) is 17.9 Å². The maximum absolute atomic E-state index is 13.5. The molecule has 2 amide bonds. The fourth-order valence-electron chi connectivity index (χ4n) is 2.29. The predicted octanol–water partition coefficient (Wildman–Crippen LogP) is 3.18. The highest BCUT2D eigenvalue weighted by Crippen LogP contribution is 2.17. The standard InChI is InChI=1S/C19H23FN2O3/c1-14-17(20)9-6-10-18(14)21-19(24)22(2)11-16(23)13-25-12-15-7-4-3-5-8-15/h3-10,16,23H,11-13H2,1-2H3,(H,21,24). The summed E-state index contributed by atoms with van der Waals surface area (Å²) in [5.74, 6) is -0.380. The van der Waals surface area contributed by atoms with Crippen LogP contribution in [-0.2, 0) is 11.3 Å². The summed E-state index contributed by atoms with van der Waals surface area (Å²) in [5.41, 5.74) is 1.80. The Balaban J connectivity index is 1.77. The molecular formula is C19H23FN2O3. The predicted molar refractivity (Wildman–Crippen MR) is 94.9 cm³/mol. The van der Waals surface area contributed by atoms with E-state index in [4.69, 9.17) is 4.74 Å². The second-order valence-corrected chi connectivity index (χ2v) is 5.88. The zero-order valence-electron chi connectivity index (χ0n) is 14.4. The van der Waals surface area contributed by atoms with E-state index in [2.05, 4.69) is 5.32 Å². The number of aliphatic hydroxyl groups is 1. The summed E-state index contributed by atoms with van der Waals surface area (Å²) >= 11 is 0. The van der Waals surface area contributed by atoms with E-state index in [-0.39, 0.29) is 19.0 Å². The van der Waals surface area contributed by atoms with E-state index >= 15 is 0 Å². The molecule has 5 nitrogen and oxygen atoms in total. The number of hydrogen-bond acceptors (Lipinski definition) is 3. The quantitative estimate of drug-likeness (QED) is 0.809. The zero-order chi connectivity index (χ0) is 18.2. The molecule has 2 aromatic carbocycles. The average Bonchev–Trinajstić information content (AvgIpc) is 2.59. The van der Waals surface area contributed by atoms with E-state index in [1.807, 2.05) is 30.3 Å². The molecule has 134 valence electrons. The van der Waals surface area contributed by atoms with Crippen molar-refractivity contribution in [2.45, 2.75) is 19.6 Å². The van der Waals surface area contributed by atoms with Gasteiger partial charge in [-0.3, -0.25) is 0 Å². The van der Waals surface area contributed by atoms with Crippen LogP contribution >= 0.6 is 0 Å². The molecule has 1 unspecified atom stereocenters. The van der Waals surface area contributed by atoms with Gasteiger partial charge in [0.05, 0.1) is 25.9 Å². The third-order valence-corrected chi connectivity index (χ3v) is 3.76. The minimum absolute atomic E-state index is 0.106. The van der Waals surface area contributed by atoms with Crippen LogP contribution in [0.15, 0.2) is 48.5 Å². The Morgan fingerprint density at radius 2 is 1.96 bits per heavy atom. The van der Waals surface area contributed by atoms with Crippen LogP contribution in [0.25, 0.3) is 0 Å². The fourth-order valence-corrected chi connectivity index (χ4v) is 2.29. The van der Waals surface area contributed by atoms with Crippen molar-refractivity contribution in [1.82, 2.24) is 4.90 Å². The molecule has 2 aromatic rings. The Bertz CT molecular complexity index is 694. The summed E-state index contributed by atoms with van der Waals surface area (Å²) in [6.45, 7) is 2.22. The van der Waals surface area contributed by atoms with Gasteiger partial charge < -0.3 is 20.1 Å². The number of nitrogens with zero attached hydrogens (tertiary/aromatic N) is 1. The highest BCUT2D eigenvalue weighted by Gasteiger charge is 2.15. The van der Waals surface area contributed by atoms with Gasteiger partial charge in [0.15, 0.2) is 0 Å². The first-order chi connectivity index (χ1) is 12.0. The van der Waals surface area contributed by atoms with Crippen LogP contribution in [0.3, 0.4) is 0 Å². The maximum atomic E-state index is 13.5. The molecule has 0 aliphatic heterocycles. The molecule has 0 fully saturated rings. The van der Waals surface area contributed by atoms with Crippen LogP contribution in [0, 0.1) is 12.7 Å². The molecule has 0 aromatic heterocycles. The Labute approximate surface area is 147 Å². The number of amides is 2. The molecular weight excluding hydrogens is 323 g/mol. The molecule has 0 bridgehead atoms. The molecule has 2 rings (SSSR count). The number of ether oxygens (including phenoxy) is 1. The molecule has 25 heavy (non-hydrogen) atoms. The van der Waals surface area contributed by atoms with Crippen LogP contribution in [0.5, 0.6) is 0 Å². The number of carbonyl (C=O) groups is 1. The maximum Gasteiger partial charge on any atom is 0.321 e. The van der Waals surface area contributed by atoms with E-state index < -0.39 is 12.1 Å². The summed E-state index contributed by atoms with van der Waals surface area (Å²) in [4.78, 5) is 13.5. The van der Waals surface area contributed by atoms with Crippen molar-refractivity contribution < 1.29 is 19.0 Å². The lowest BCUT2D eigenvalue weighted by molar-refractivity contribution is 0.0188. The molecule has 0 saturated heterocycles. The van der Waals surface area contributed by atoms with Gasteiger partial charge in [0.2, 0.25) is 0 Å². The van der Waals surface area contributed by atoms with Crippen LogP contribution in [0.1, 0.15) is 11.1 Å². The first kappa shape index (κ1) is 18.9. The molecule has 0 heterocycles. The van der Waals surface area contributed by atoms with Crippen molar-refractivity contribution in [1.29, 1.82) is 0 Å².